The average Bonchev–Trinajstić information content (AvgIpc) is 2.69. The van der Waals surface area contributed by atoms with E-state index in [2.05, 4.69) is 9.31 Å². The van der Waals surface area contributed by atoms with Gasteiger partial charge in [0.1, 0.15) is 31.3 Å². The van der Waals surface area contributed by atoms with Gasteiger partial charge in [-0.1, -0.05) is 36.4 Å². The second kappa shape index (κ2) is 11.2. The maximum absolute atomic E-state index is 11.4. The molecule has 8 heteroatoms. The van der Waals surface area contributed by atoms with Gasteiger partial charge in [0, 0.05) is 0 Å². The highest BCUT2D eigenvalue weighted by Crippen LogP contribution is 2.08. The molecule has 0 aliphatic heterocycles. The van der Waals surface area contributed by atoms with Crippen LogP contribution >= 0.6 is 0 Å². The van der Waals surface area contributed by atoms with E-state index in [9.17, 15) is 10.1 Å². The first-order chi connectivity index (χ1) is 12.8. The van der Waals surface area contributed by atoms with Gasteiger partial charge in [-0.2, -0.15) is 4.79 Å². The SMILES string of the molecule is O=C(OCCOc1ccccc1)OC(OCCOc1ccccc1)=[O+][O-]. The summed E-state index contributed by atoms with van der Waals surface area (Å²) in [5.41, 5.74) is 0. The fourth-order valence-electron chi connectivity index (χ4n) is 1.77. The molecular weight excluding hydrogens is 344 g/mol. The van der Waals surface area contributed by atoms with E-state index in [4.69, 9.17) is 18.9 Å². The van der Waals surface area contributed by atoms with Crippen LogP contribution in [0.5, 0.6) is 11.5 Å². The molecule has 0 N–H and O–H groups in total. The molecule has 0 saturated carbocycles. The van der Waals surface area contributed by atoms with Gasteiger partial charge in [0.05, 0.1) is 0 Å². The fourth-order valence-corrected chi connectivity index (χ4v) is 1.77. The molecule has 0 bridgehead atoms. The highest BCUT2D eigenvalue weighted by Gasteiger charge is 2.25. The number of benzene rings is 2. The number of ether oxygens (including phenoxy) is 5. The van der Waals surface area contributed by atoms with E-state index in [1.165, 1.54) is 0 Å². The van der Waals surface area contributed by atoms with Crippen LogP contribution in [0.3, 0.4) is 0 Å². The molecule has 8 nitrogen and oxygen atoms in total. The first-order valence-corrected chi connectivity index (χ1v) is 7.78. The Morgan fingerprint density at radius 2 is 1.27 bits per heavy atom. The van der Waals surface area contributed by atoms with E-state index in [-0.39, 0.29) is 26.4 Å². The van der Waals surface area contributed by atoms with Crippen molar-refractivity contribution in [2.45, 2.75) is 0 Å². The van der Waals surface area contributed by atoms with Crippen molar-refractivity contribution < 1.29 is 38.3 Å². The molecule has 0 aromatic heterocycles. The van der Waals surface area contributed by atoms with Gasteiger partial charge in [0.25, 0.3) is 0 Å². The number of carbonyl (C=O) groups is 1. The van der Waals surface area contributed by atoms with E-state index < -0.39 is 12.3 Å². The third-order valence-electron chi connectivity index (χ3n) is 2.87. The summed E-state index contributed by atoms with van der Waals surface area (Å²) in [5, 5.41) is 10.5. The van der Waals surface area contributed by atoms with E-state index >= 15 is 0 Å². The molecule has 0 radical (unpaired) electrons. The van der Waals surface area contributed by atoms with Crippen LogP contribution in [0.4, 0.5) is 9.37 Å². The van der Waals surface area contributed by atoms with Crippen LogP contribution in [0.15, 0.2) is 60.7 Å². The van der Waals surface area contributed by atoms with Crippen molar-refractivity contribution in [2.24, 2.45) is 0 Å². The second-order valence-electron chi connectivity index (χ2n) is 4.71. The zero-order chi connectivity index (χ0) is 18.5. The van der Waals surface area contributed by atoms with Crippen molar-refractivity contribution in [1.29, 1.82) is 0 Å². The summed E-state index contributed by atoms with van der Waals surface area (Å²) in [4.78, 5) is 11.4. The lowest BCUT2D eigenvalue weighted by Crippen LogP contribution is -2.21. The minimum atomic E-state index is -1.14. The third kappa shape index (κ3) is 7.43. The van der Waals surface area contributed by atoms with Crippen LogP contribution in [0.1, 0.15) is 0 Å². The molecular formula is C18H18O8. The molecule has 0 unspecified atom stereocenters. The molecule has 0 fully saturated rings. The molecule has 0 amide bonds. The number of carbonyl (C=O) groups excluding carboxylic acids is 2. The van der Waals surface area contributed by atoms with Gasteiger partial charge in [0.2, 0.25) is 0 Å². The minimum absolute atomic E-state index is 0.0587. The van der Waals surface area contributed by atoms with Crippen LogP contribution in [0.2, 0.25) is 0 Å². The van der Waals surface area contributed by atoms with Crippen LogP contribution in [0, 0.1) is 0 Å². The Morgan fingerprint density at radius 1 is 0.769 bits per heavy atom. The Bertz CT molecular complexity index is 672. The van der Waals surface area contributed by atoms with E-state index in [0.717, 1.165) is 0 Å². The summed E-state index contributed by atoms with van der Waals surface area (Å²) < 4.78 is 28.3. The van der Waals surface area contributed by atoms with Gasteiger partial charge in [-0.3, -0.25) is 4.58 Å². The van der Waals surface area contributed by atoms with Gasteiger partial charge in [0.15, 0.2) is 6.61 Å². The predicted molar refractivity (Wildman–Crippen MR) is 87.7 cm³/mol. The molecule has 0 heterocycles. The largest absolute Gasteiger partial charge is 0.735 e. The number of para-hydroxylation sites is 2. The van der Waals surface area contributed by atoms with Gasteiger partial charge in [-0.05, 0) is 24.3 Å². The summed E-state index contributed by atoms with van der Waals surface area (Å²) in [6.45, 7) is 0.118. The smallest absolute Gasteiger partial charge is 0.628 e. The lowest BCUT2D eigenvalue weighted by Gasteiger charge is -2.05. The van der Waals surface area contributed by atoms with Crippen LogP contribution in [-0.2, 0) is 14.2 Å². The van der Waals surface area contributed by atoms with Crippen molar-refractivity contribution >= 4 is 12.3 Å². The van der Waals surface area contributed by atoms with Gasteiger partial charge in [-0.15, -0.1) is 0 Å². The highest BCUT2D eigenvalue weighted by atomic mass is 17.1. The van der Waals surface area contributed by atoms with Crippen molar-refractivity contribution in [2.75, 3.05) is 26.4 Å². The standard InChI is InChI=1S/C18H18O8/c19-17(23-13-11-21-15-7-3-1-4-8-15)25-18(26-20)24-14-12-22-16-9-5-2-6-10-16/h1-10H,11-14H2. The summed E-state index contributed by atoms with van der Waals surface area (Å²) in [6.07, 6.45) is -2.01. The van der Waals surface area contributed by atoms with Crippen molar-refractivity contribution in [1.82, 2.24) is 0 Å². The molecule has 0 saturated heterocycles. The number of rotatable bonds is 8. The Balaban J connectivity index is 1.57. The Kier molecular flexibility index (Phi) is 8.14. The maximum Gasteiger partial charge on any atom is 0.735 e. The number of hydrogen-bond donors (Lipinski definition) is 0. The summed E-state index contributed by atoms with van der Waals surface area (Å²) in [6, 6.07) is 18.0. The van der Waals surface area contributed by atoms with Crippen molar-refractivity contribution in [3.05, 3.63) is 60.7 Å². The zero-order valence-electron chi connectivity index (χ0n) is 13.9. The fraction of sp³-hybridized carbons (Fsp3) is 0.222. The van der Waals surface area contributed by atoms with Gasteiger partial charge < -0.3 is 24.2 Å². The molecule has 2 aromatic carbocycles. The third-order valence-corrected chi connectivity index (χ3v) is 2.87. The first kappa shape index (κ1) is 18.9. The lowest BCUT2D eigenvalue weighted by molar-refractivity contribution is -0.869. The molecule has 138 valence electrons. The summed E-state index contributed by atoms with van der Waals surface area (Å²) >= 11 is 0. The average molecular weight is 362 g/mol. The highest BCUT2D eigenvalue weighted by molar-refractivity contribution is 5.76. The zero-order valence-corrected chi connectivity index (χ0v) is 13.9. The molecule has 2 rings (SSSR count). The lowest BCUT2D eigenvalue weighted by atomic mass is 10.3. The summed E-state index contributed by atoms with van der Waals surface area (Å²) in [7, 11) is 0. The molecule has 2 aromatic rings. The monoisotopic (exact) mass is 362 g/mol. The van der Waals surface area contributed by atoms with Crippen molar-refractivity contribution in [3.63, 3.8) is 0 Å². The molecule has 0 aliphatic carbocycles. The Hall–Kier alpha value is -3.42. The van der Waals surface area contributed by atoms with E-state index in [1.807, 2.05) is 36.4 Å². The summed E-state index contributed by atoms with van der Waals surface area (Å²) in [5.74, 6) is 1.28. The topological polar surface area (TPSA) is 97.6 Å². The quantitative estimate of drug-likeness (QED) is 0.177. The molecule has 0 spiro atoms. The molecule has 26 heavy (non-hydrogen) atoms. The molecule has 0 aliphatic rings. The Morgan fingerprint density at radius 3 is 1.77 bits per heavy atom. The van der Waals surface area contributed by atoms with Gasteiger partial charge in [-0.25, -0.2) is 4.74 Å². The normalized spacial score (nSPS) is 10.7. The van der Waals surface area contributed by atoms with Crippen LogP contribution in [0.25, 0.3) is 0 Å². The van der Waals surface area contributed by atoms with E-state index in [1.54, 1.807) is 24.3 Å². The Labute approximate surface area is 150 Å². The predicted octanol–water partition coefficient (Wildman–Crippen LogP) is 2.25. The molecule has 0 atom stereocenters. The maximum atomic E-state index is 11.4. The minimum Gasteiger partial charge on any atom is -0.628 e. The van der Waals surface area contributed by atoms with E-state index in [0.29, 0.717) is 11.5 Å². The first-order valence-electron chi connectivity index (χ1n) is 7.78. The number of hydrogen-bond acceptors (Lipinski definition) is 7. The van der Waals surface area contributed by atoms with Crippen molar-refractivity contribution in [3.8, 4) is 11.5 Å². The van der Waals surface area contributed by atoms with Crippen LogP contribution < -0.4 is 14.7 Å². The second-order valence-corrected chi connectivity index (χ2v) is 4.71. The van der Waals surface area contributed by atoms with Gasteiger partial charge >= 0.3 is 12.3 Å². The van der Waals surface area contributed by atoms with Crippen LogP contribution in [-0.4, -0.2) is 38.7 Å².